The number of rotatable bonds is 4. The highest BCUT2D eigenvalue weighted by molar-refractivity contribution is 8.00. The molecule has 3 aromatic rings. The van der Waals surface area contributed by atoms with Crippen LogP contribution in [0.4, 0.5) is 5.69 Å². The molecule has 4 rings (SSSR count). The molecule has 0 spiro atoms. The van der Waals surface area contributed by atoms with Crippen LogP contribution in [0.3, 0.4) is 0 Å². The number of benzene rings is 2. The van der Waals surface area contributed by atoms with Gasteiger partial charge in [0.05, 0.1) is 29.5 Å². The molecule has 2 heterocycles. The number of imidazole rings is 1. The van der Waals surface area contributed by atoms with Crippen molar-refractivity contribution in [1.82, 2.24) is 9.97 Å². The average Bonchev–Trinajstić information content (AvgIpc) is 2.86. The lowest BCUT2D eigenvalue weighted by atomic mass is 10.2. The van der Waals surface area contributed by atoms with Crippen LogP contribution in [0, 0.1) is 0 Å². The largest absolute Gasteiger partial charge is 0.490 e. The summed E-state index contributed by atoms with van der Waals surface area (Å²) < 4.78 is 11.3. The van der Waals surface area contributed by atoms with Crippen LogP contribution in [0.15, 0.2) is 46.1 Å². The van der Waals surface area contributed by atoms with Gasteiger partial charge in [-0.3, -0.25) is 4.79 Å². The molecule has 1 amide bonds. The van der Waals surface area contributed by atoms with Crippen LogP contribution < -0.4 is 20.5 Å². The van der Waals surface area contributed by atoms with Gasteiger partial charge in [-0.25, -0.2) is 4.79 Å². The number of carbonyl (C=O) groups excluding carboxylic acids is 1. The Hall–Kier alpha value is -2.87. The van der Waals surface area contributed by atoms with E-state index < -0.39 is 0 Å². The third kappa shape index (κ3) is 3.95. The molecule has 0 saturated carbocycles. The van der Waals surface area contributed by atoms with Crippen molar-refractivity contribution in [2.24, 2.45) is 0 Å². The number of anilines is 1. The topological polar surface area (TPSA) is 96.2 Å². The minimum Gasteiger partial charge on any atom is -0.490 e. The van der Waals surface area contributed by atoms with E-state index >= 15 is 0 Å². The third-order valence-electron chi connectivity index (χ3n) is 4.18. The maximum atomic E-state index is 12.5. The van der Waals surface area contributed by atoms with E-state index in [0.717, 1.165) is 17.1 Å². The smallest absolute Gasteiger partial charge is 0.323 e. The molecule has 1 aliphatic rings. The minimum atomic E-state index is -0.310. The van der Waals surface area contributed by atoms with Gasteiger partial charge >= 0.3 is 5.69 Å². The molecule has 8 heteroatoms. The number of carbonyl (C=O) groups is 1. The molecule has 27 heavy (non-hydrogen) atoms. The van der Waals surface area contributed by atoms with Crippen molar-refractivity contribution in [3.05, 3.63) is 46.9 Å². The molecule has 1 aliphatic heterocycles. The minimum absolute atomic E-state index is 0.121. The van der Waals surface area contributed by atoms with Crippen LogP contribution in [-0.4, -0.2) is 34.3 Å². The van der Waals surface area contributed by atoms with Crippen LogP contribution in [0.1, 0.15) is 13.3 Å². The van der Waals surface area contributed by atoms with E-state index in [1.54, 1.807) is 18.2 Å². The number of thioether (sulfide) groups is 1. The van der Waals surface area contributed by atoms with Gasteiger partial charge in [0.1, 0.15) is 0 Å². The second-order valence-corrected chi connectivity index (χ2v) is 7.66. The van der Waals surface area contributed by atoms with Crippen LogP contribution in [0.25, 0.3) is 11.0 Å². The van der Waals surface area contributed by atoms with Gasteiger partial charge < -0.3 is 24.8 Å². The summed E-state index contributed by atoms with van der Waals surface area (Å²) >= 11 is 1.45. The Bertz CT molecular complexity index is 1040. The summed E-state index contributed by atoms with van der Waals surface area (Å²) in [6.07, 6.45) is 0.854. The second-order valence-electron chi connectivity index (χ2n) is 6.25. The average molecular weight is 385 g/mol. The maximum absolute atomic E-state index is 12.5. The Labute approximate surface area is 159 Å². The third-order valence-corrected chi connectivity index (χ3v) is 5.28. The molecule has 0 saturated heterocycles. The molecular formula is C19H19N3O4S. The van der Waals surface area contributed by atoms with Gasteiger partial charge in [0.15, 0.2) is 11.5 Å². The first kappa shape index (κ1) is 17.5. The molecule has 3 N–H and O–H groups in total. The van der Waals surface area contributed by atoms with E-state index in [-0.39, 0.29) is 16.8 Å². The number of aromatic nitrogens is 2. The summed E-state index contributed by atoms with van der Waals surface area (Å²) in [6.45, 7) is 3.12. The zero-order chi connectivity index (χ0) is 18.8. The fourth-order valence-corrected chi connectivity index (χ4v) is 3.72. The van der Waals surface area contributed by atoms with Gasteiger partial charge in [-0.2, -0.15) is 0 Å². The molecule has 0 radical (unpaired) electrons. The summed E-state index contributed by atoms with van der Waals surface area (Å²) in [4.78, 5) is 30.2. The Morgan fingerprint density at radius 3 is 2.70 bits per heavy atom. The lowest BCUT2D eigenvalue weighted by molar-refractivity contribution is -0.115. The molecule has 1 aromatic heterocycles. The number of ether oxygens (including phenoxy) is 2. The maximum Gasteiger partial charge on any atom is 0.323 e. The van der Waals surface area contributed by atoms with Gasteiger partial charge in [-0.15, -0.1) is 11.8 Å². The van der Waals surface area contributed by atoms with E-state index in [9.17, 15) is 9.59 Å². The molecule has 0 bridgehead atoms. The number of fused-ring (bicyclic) bond motifs is 2. The quantitative estimate of drug-likeness (QED) is 0.600. The van der Waals surface area contributed by atoms with Crippen molar-refractivity contribution >= 4 is 34.4 Å². The fraction of sp³-hybridized carbons (Fsp3) is 0.263. The van der Waals surface area contributed by atoms with Gasteiger partial charge in [0.2, 0.25) is 5.91 Å². The first-order chi connectivity index (χ1) is 13.1. The number of aromatic amines is 2. The van der Waals surface area contributed by atoms with Crippen LogP contribution in [0.2, 0.25) is 0 Å². The van der Waals surface area contributed by atoms with E-state index in [1.165, 1.54) is 11.8 Å². The van der Waals surface area contributed by atoms with Gasteiger partial charge in [-0.1, -0.05) is 0 Å². The standard InChI is InChI=1S/C19H19N3O4S/c1-11(27-13-4-6-16-17(10-13)26-8-2-7-25-16)18(23)20-12-3-5-14-15(9-12)22-19(24)21-14/h3-6,9-11H,2,7-8H2,1H3,(H,20,23)(H2,21,22,24)/t11-/m0/s1. The van der Waals surface area contributed by atoms with Gasteiger partial charge in [0, 0.05) is 17.0 Å². The molecule has 1 atom stereocenters. The Balaban J connectivity index is 1.44. The number of hydrogen-bond acceptors (Lipinski definition) is 5. The van der Waals surface area contributed by atoms with Crippen LogP contribution in [-0.2, 0) is 4.79 Å². The number of nitrogens with one attached hydrogen (secondary N) is 3. The fourth-order valence-electron chi connectivity index (χ4n) is 2.83. The zero-order valence-electron chi connectivity index (χ0n) is 14.7. The highest BCUT2D eigenvalue weighted by Gasteiger charge is 2.17. The monoisotopic (exact) mass is 385 g/mol. The number of amides is 1. The van der Waals surface area contributed by atoms with Crippen molar-refractivity contribution in [1.29, 1.82) is 0 Å². The van der Waals surface area contributed by atoms with Crippen molar-refractivity contribution in [3.8, 4) is 11.5 Å². The molecule has 7 nitrogen and oxygen atoms in total. The number of hydrogen-bond donors (Lipinski definition) is 3. The highest BCUT2D eigenvalue weighted by Crippen LogP contribution is 2.35. The predicted molar refractivity (Wildman–Crippen MR) is 105 cm³/mol. The van der Waals surface area contributed by atoms with Crippen molar-refractivity contribution < 1.29 is 14.3 Å². The summed E-state index contributed by atoms with van der Waals surface area (Å²) in [5, 5.41) is 2.57. The normalized spacial score (nSPS) is 14.6. The predicted octanol–water partition coefficient (Wildman–Crippen LogP) is 3.14. The van der Waals surface area contributed by atoms with E-state index in [1.807, 2.05) is 25.1 Å². The van der Waals surface area contributed by atoms with Gasteiger partial charge in [0.25, 0.3) is 0 Å². The van der Waals surface area contributed by atoms with Crippen molar-refractivity contribution in [3.63, 3.8) is 0 Å². The first-order valence-corrected chi connectivity index (χ1v) is 9.56. The molecule has 0 fully saturated rings. The van der Waals surface area contributed by atoms with Gasteiger partial charge in [-0.05, 0) is 43.3 Å². The Kier molecular flexibility index (Phi) is 4.81. The SMILES string of the molecule is C[C@H](Sc1ccc2c(c1)OCCCO2)C(=O)Nc1ccc2[nH]c(=O)[nH]c2c1. The van der Waals surface area contributed by atoms with Crippen molar-refractivity contribution in [2.45, 2.75) is 23.5 Å². The highest BCUT2D eigenvalue weighted by atomic mass is 32.2. The molecule has 2 aromatic carbocycles. The van der Waals surface area contributed by atoms with E-state index in [0.29, 0.717) is 35.7 Å². The zero-order valence-corrected chi connectivity index (χ0v) is 15.5. The molecular weight excluding hydrogens is 366 g/mol. The Morgan fingerprint density at radius 1 is 1.07 bits per heavy atom. The molecule has 0 unspecified atom stereocenters. The lowest BCUT2D eigenvalue weighted by Gasteiger charge is -2.14. The lowest BCUT2D eigenvalue weighted by Crippen LogP contribution is -2.22. The second kappa shape index (κ2) is 7.40. The number of H-pyrrole nitrogens is 2. The summed E-state index contributed by atoms with van der Waals surface area (Å²) in [6, 6.07) is 11.0. The van der Waals surface area contributed by atoms with E-state index in [4.69, 9.17) is 9.47 Å². The molecule has 0 aliphatic carbocycles. The molecule has 140 valence electrons. The first-order valence-electron chi connectivity index (χ1n) is 8.68. The van der Waals surface area contributed by atoms with Crippen LogP contribution in [0.5, 0.6) is 11.5 Å². The Morgan fingerprint density at radius 2 is 1.85 bits per heavy atom. The summed E-state index contributed by atoms with van der Waals surface area (Å²) in [5.74, 6) is 1.33. The summed E-state index contributed by atoms with van der Waals surface area (Å²) in [5.41, 5.74) is 1.72. The summed E-state index contributed by atoms with van der Waals surface area (Å²) in [7, 11) is 0. The van der Waals surface area contributed by atoms with E-state index in [2.05, 4.69) is 15.3 Å². The van der Waals surface area contributed by atoms with Crippen molar-refractivity contribution in [2.75, 3.05) is 18.5 Å². The van der Waals surface area contributed by atoms with Crippen LogP contribution >= 0.6 is 11.8 Å².